The number of likely N-dealkylation sites (tertiary alicyclic amines) is 2. The molecule has 3 aliphatic rings. The average molecular weight is 519 g/mol. The SMILES string of the molecule is O=C(Cn1nc(C(=O)N2CC[C@@H](O)[C@@H](F)C2)c2c1CCCC2)N1CCC(Oc2cccc(Cl)c2)CC1. The van der Waals surface area contributed by atoms with E-state index in [-0.39, 0.29) is 37.4 Å². The Kier molecular flexibility index (Phi) is 7.48. The van der Waals surface area contributed by atoms with Gasteiger partial charge in [0, 0.05) is 48.8 Å². The summed E-state index contributed by atoms with van der Waals surface area (Å²) in [6.07, 6.45) is 2.64. The Morgan fingerprint density at radius 1 is 1.11 bits per heavy atom. The third-order valence-corrected chi connectivity index (χ3v) is 7.67. The Hall–Kier alpha value is -2.65. The number of hydrogen-bond donors (Lipinski definition) is 1. The number of rotatable bonds is 5. The third kappa shape index (κ3) is 5.37. The van der Waals surface area contributed by atoms with Gasteiger partial charge >= 0.3 is 0 Å². The first-order chi connectivity index (χ1) is 17.4. The van der Waals surface area contributed by atoms with Crippen LogP contribution in [-0.4, -0.2) is 81.1 Å². The number of nitrogens with zero attached hydrogens (tertiary/aromatic N) is 4. The van der Waals surface area contributed by atoms with Gasteiger partial charge in [0.25, 0.3) is 5.91 Å². The van der Waals surface area contributed by atoms with Gasteiger partial charge in [-0.3, -0.25) is 14.3 Å². The first kappa shape index (κ1) is 25.0. The van der Waals surface area contributed by atoms with Crippen LogP contribution in [0, 0.1) is 0 Å². The number of amides is 2. The molecule has 194 valence electrons. The van der Waals surface area contributed by atoms with Gasteiger partial charge in [0.1, 0.15) is 24.6 Å². The van der Waals surface area contributed by atoms with E-state index in [0.29, 0.717) is 30.4 Å². The van der Waals surface area contributed by atoms with Gasteiger partial charge in [0.2, 0.25) is 5.91 Å². The molecule has 2 aromatic rings. The van der Waals surface area contributed by atoms with E-state index in [2.05, 4.69) is 5.10 Å². The van der Waals surface area contributed by atoms with E-state index in [4.69, 9.17) is 16.3 Å². The third-order valence-electron chi connectivity index (χ3n) is 7.43. The fraction of sp³-hybridized carbons (Fsp3) is 0.577. The van der Waals surface area contributed by atoms with Crippen LogP contribution < -0.4 is 4.74 Å². The number of alkyl halides is 1. The molecule has 2 saturated heterocycles. The summed E-state index contributed by atoms with van der Waals surface area (Å²) in [4.78, 5) is 29.6. The van der Waals surface area contributed by atoms with Gasteiger partial charge in [0.05, 0.1) is 12.6 Å². The van der Waals surface area contributed by atoms with Crippen LogP contribution in [0.25, 0.3) is 0 Å². The molecule has 0 unspecified atom stereocenters. The summed E-state index contributed by atoms with van der Waals surface area (Å²) in [6.45, 7) is 1.43. The molecule has 2 atom stereocenters. The van der Waals surface area contributed by atoms with Gasteiger partial charge in [-0.1, -0.05) is 17.7 Å². The van der Waals surface area contributed by atoms with Gasteiger partial charge in [-0.15, -0.1) is 0 Å². The van der Waals surface area contributed by atoms with Crippen LogP contribution in [0.5, 0.6) is 5.75 Å². The number of fused-ring (bicyclic) bond motifs is 1. The topological polar surface area (TPSA) is 87.9 Å². The van der Waals surface area contributed by atoms with E-state index < -0.39 is 12.3 Å². The zero-order valence-electron chi connectivity index (χ0n) is 20.2. The standard InChI is InChI=1S/C26H32ClFN4O4/c27-17-4-3-5-19(14-17)36-18-8-11-30(12-9-18)24(34)16-32-22-7-2-1-6-20(22)25(29-32)26(35)31-13-10-23(33)21(28)15-31/h3-5,14,18,21,23,33H,1-2,6-13,15-16H2/t21-,23+/m0/s1. The zero-order chi connectivity index (χ0) is 25.2. The molecule has 8 nitrogen and oxygen atoms in total. The number of piperidine rings is 2. The van der Waals surface area contributed by atoms with Crippen LogP contribution in [-0.2, 0) is 24.2 Å². The van der Waals surface area contributed by atoms with Crippen molar-refractivity contribution in [3.8, 4) is 5.75 Å². The highest BCUT2D eigenvalue weighted by molar-refractivity contribution is 6.30. The monoisotopic (exact) mass is 518 g/mol. The van der Waals surface area contributed by atoms with Gasteiger partial charge < -0.3 is 19.6 Å². The summed E-state index contributed by atoms with van der Waals surface area (Å²) in [5.74, 6) is 0.388. The van der Waals surface area contributed by atoms with Crippen LogP contribution in [0.1, 0.15) is 53.8 Å². The summed E-state index contributed by atoms with van der Waals surface area (Å²) < 4.78 is 21.8. The highest BCUT2D eigenvalue weighted by atomic mass is 35.5. The van der Waals surface area contributed by atoms with Crippen molar-refractivity contribution < 1.29 is 23.8 Å². The quantitative estimate of drug-likeness (QED) is 0.657. The second kappa shape index (κ2) is 10.8. The van der Waals surface area contributed by atoms with Crippen LogP contribution in [0.4, 0.5) is 4.39 Å². The minimum Gasteiger partial charge on any atom is -0.490 e. The minimum atomic E-state index is -1.45. The molecule has 0 bridgehead atoms. The van der Waals surface area contributed by atoms with Gasteiger partial charge in [-0.2, -0.15) is 5.10 Å². The maximum Gasteiger partial charge on any atom is 0.274 e. The summed E-state index contributed by atoms with van der Waals surface area (Å²) in [6, 6.07) is 7.32. The number of benzene rings is 1. The molecule has 0 spiro atoms. The first-order valence-electron chi connectivity index (χ1n) is 12.8. The summed E-state index contributed by atoms with van der Waals surface area (Å²) >= 11 is 6.04. The largest absolute Gasteiger partial charge is 0.490 e. The number of aromatic nitrogens is 2. The minimum absolute atomic E-state index is 0.0246. The van der Waals surface area contributed by atoms with Crippen molar-refractivity contribution in [2.75, 3.05) is 26.2 Å². The molecular formula is C26H32ClFN4O4. The lowest BCUT2D eigenvalue weighted by Crippen LogP contribution is -2.47. The Bertz CT molecular complexity index is 1120. The number of carbonyl (C=O) groups excluding carboxylic acids is 2. The van der Waals surface area contributed by atoms with Crippen molar-refractivity contribution in [1.82, 2.24) is 19.6 Å². The molecular weight excluding hydrogens is 487 g/mol. The lowest BCUT2D eigenvalue weighted by atomic mass is 9.95. The molecule has 1 aromatic carbocycles. The lowest BCUT2D eigenvalue weighted by Gasteiger charge is -2.32. The smallest absolute Gasteiger partial charge is 0.274 e. The Morgan fingerprint density at radius 3 is 2.61 bits per heavy atom. The van der Waals surface area contributed by atoms with E-state index in [9.17, 15) is 19.1 Å². The van der Waals surface area contributed by atoms with E-state index >= 15 is 0 Å². The molecule has 1 aromatic heterocycles. The Morgan fingerprint density at radius 2 is 1.86 bits per heavy atom. The molecule has 2 amide bonds. The van der Waals surface area contributed by atoms with Crippen LogP contribution >= 0.6 is 11.6 Å². The highest BCUT2D eigenvalue weighted by Crippen LogP contribution is 2.27. The number of ether oxygens (including phenoxy) is 1. The molecule has 0 radical (unpaired) electrons. The maximum absolute atomic E-state index is 14.1. The fourth-order valence-electron chi connectivity index (χ4n) is 5.38. The maximum atomic E-state index is 14.1. The number of aliphatic hydroxyl groups excluding tert-OH is 1. The van der Waals surface area contributed by atoms with Crippen molar-refractivity contribution >= 4 is 23.4 Å². The van der Waals surface area contributed by atoms with Crippen LogP contribution in [0.2, 0.25) is 5.02 Å². The number of hydrogen-bond acceptors (Lipinski definition) is 5. The van der Waals surface area contributed by atoms with Crippen molar-refractivity contribution in [3.63, 3.8) is 0 Å². The normalized spacial score (nSPS) is 22.9. The second-order valence-electron chi connectivity index (χ2n) is 9.92. The molecule has 0 saturated carbocycles. The van der Waals surface area contributed by atoms with E-state index in [1.54, 1.807) is 16.8 Å². The summed E-state index contributed by atoms with van der Waals surface area (Å²) in [7, 11) is 0. The number of aliphatic hydroxyl groups is 1. The van der Waals surface area contributed by atoms with Crippen LogP contribution in [0.15, 0.2) is 24.3 Å². The van der Waals surface area contributed by atoms with E-state index in [1.165, 1.54) is 4.90 Å². The van der Waals surface area contributed by atoms with Gasteiger partial charge in [0.15, 0.2) is 5.69 Å². The van der Waals surface area contributed by atoms with E-state index in [0.717, 1.165) is 55.5 Å². The molecule has 10 heteroatoms. The highest BCUT2D eigenvalue weighted by Gasteiger charge is 2.34. The average Bonchev–Trinajstić information content (AvgIpc) is 3.24. The number of carbonyl (C=O) groups is 2. The van der Waals surface area contributed by atoms with Gasteiger partial charge in [-0.25, -0.2) is 4.39 Å². The van der Waals surface area contributed by atoms with Crippen molar-refractivity contribution in [2.45, 2.75) is 69.9 Å². The molecule has 1 N–H and O–H groups in total. The zero-order valence-corrected chi connectivity index (χ0v) is 21.0. The lowest BCUT2D eigenvalue weighted by molar-refractivity contribution is -0.133. The van der Waals surface area contributed by atoms with E-state index in [1.807, 2.05) is 17.0 Å². The molecule has 36 heavy (non-hydrogen) atoms. The first-order valence-corrected chi connectivity index (χ1v) is 13.2. The number of halogens is 2. The fourth-order valence-corrected chi connectivity index (χ4v) is 5.56. The molecule has 1 aliphatic carbocycles. The Labute approximate surface area is 215 Å². The van der Waals surface area contributed by atoms with Gasteiger partial charge in [-0.05, 0) is 50.3 Å². The van der Waals surface area contributed by atoms with Crippen molar-refractivity contribution in [3.05, 3.63) is 46.2 Å². The molecule has 5 rings (SSSR count). The molecule has 3 heterocycles. The predicted molar refractivity (Wildman–Crippen MR) is 132 cm³/mol. The molecule has 2 fully saturated rings. The predicted octanol–water partition coefficient (Wildman–Crippen LogP) is 3.03. The summed E-state index contributed by atoms with van der Waals surface area (Å²) in [5, 5.41) is 14.9. The Balaban J connectivity index is 1.23. The second-order valence-corrected chi connectivity index (χ2v) is 10.4. The van der Waals surface area contributed by atoms with Crippen molar-refractivity contribution in [1.29, 1.82) is 0 Å². The molecule has 2 aliphatic heterocycles. The van der Waals surface area contributed by atoms with Crippen molar-refractivity contribution in [2.24, 2.45) is 0 Å². The van der Waals surface area contributed by atoms with Crippen LogP contribution in [0.3, 0.4) is 0 Å². The summed E-state index contributed by atoms with van der Waals surface area (Å²) in [5.41, 5.74) is 2.15.